The molecule has 1 aliphatic heterocycles. The van der Waals surface area contributed by atoms with Crippen LogP contribution in [0.25, 0.3) is 0 Å². The number of esters is 1. The molecule has 23 heavy (non-hydrogen) atoms. The summed E-state index contributed by atoms with van der Waals surface area (Å²) in [7, 11) is 1.00. The smallest absolute Gasteiger partial charge is 0.339 e. The average Bonchev–Trinajstić information content (AvgIpc) is 2.81. The zero-order valence-electron chi connectivity index (χ0n) is 11.9. The summed E-state index contributed by atoms with van der Waals surface area (Å²) < 4.78 is 10.2. The molecule has 0 radical (unpaired) electrons. The van der Waals surface area contributed by atoms with Gasteiger partial charge in [0.05, 0.1) is 19.3 Å². The van der Waals surface area contributed by atoms with Crippen molar-refractivity contribution in [1.82, 2.24) is 9.55 Å². The summed E-state index contributed by atoms with van der Waals surface area (Å²) in [6, 6.07) is 0. The van der Waals surface area contributed by atoms with Crippen LogP contribution in [0.5, 0.6) is 0 Å². The zero-order chi connectivity index (χ0) is 17.3. The van der Waals surface area contributed by atoms with Crippen LogP contribution in [-0.4, -0.2) is 68.0 Å². The largest absolute Gasteiger partial charge is 0.467 e. The van der Waals surface area contributed by atoms with Crippen molar-refractivity contribution >= 4 is 5.97 Å². The van der Waals surface area contributed by atoms with Crippen LogP contribution in [0.1, 0.15) is 17.9 Å². The molecule has 5 N–H and O–H groups in total. The third kappa shape index (κ3) is 3.04. The Hall–Kier alpha value is -2.05. The molecular formula is C12H16N2O9. The fraction of sp³-hybridized carbons (Fsp3) is 0.583. The molecule has 11 nitrogen and oxygen atoms in total. The molecule has 1 aromatic heterocycles. The van der Waals surface area contributed by atoms with Gasteiger partial charge < -0.3 is 29.9 Å². The van der Waals surface area contributed by atoms with Crippen LogP contribution in [0.3, 0.4) is 0 Å². The van der Waals surface area contributed by atoms with Crippen molar-refractivity contribution in [2.75, 3.05) is 13.7 Å². The highest BCUT2D eigenvalue weighted by molar-refractivity contribution is 5.75. The average molecular weight is 332 g/mol. The highest BCUT2D eigenvalue weighted by atomic mass is 16.6. The van der Waals surface area contributed by atoms with Gasteiger partial charge in [0.25, 0.3) is 5.56 Å². The highest BCUT2D eigenvalue weighted by Gasteiger charge is 2.44. The molecule has 2 rings (SSSR count). The number of H-pyrrole nitrogens is 1. The van der Waals surface area contributed by atoms with Crippen LogP contribution < -0.4 is 11.2 Å². The number of nitrogens with one attached hydrogen (secondary N) is 1. The van der Waals surface area contributed by atoms with E-state index in [0.717, 1.165) is 13.3 Å². The lowest BCUT2D eigenvalue weighted by molar-refractivity contribution is -0.150. The summed E-state index contributed by atoms with van der Waals surface area (Å²) in [6.07, 6.45) is -6.72. The van der Waals surface area contributed by atoms with Gasteiger partial charge in [-0.2, -0.15) is 0 Å². The van der Waals surface area contributed by atoms with E-state index >= 15 is 0 Å². The van der Waals surface area contributed by atoms with Crippen molar-refractivity contribution in [3.8, 4) is 0 Å². The number of ether oxygens (including phenoxy) is 2. The van der Waals surface area contributed by atoms with E-state index in [-0.39, 0.29) is 0 Å². The second-order valence-electron chi connectivity index (χ2n) is 4.91. The van der Waals surface area contributed by atoms with Crippen molar-refractivity contribution in [2.24, 2.45) is 0 Å². The molecule has 5 atom stereocenters. The predicted octanol–water partition coefficient (Wildman–Crippen LogP) is -3.65. The number of carbonyl (C=O) groups is 1. The first-order chi connectivity index (χ1) is 10.8. The fourth-order valence-corrected chi connectivity index (χ4v) is 2.23. The Labute approximate surface area is 128 Å². The number of rotatable bonds is 4. The number of carbonyl (C=O) groups excluding carboxylic acids is 1. The van der Waals surface area contributed by atoms with Gasteiger partial charge in [-0.1, -0.05) is 0 Å². The molecule has 0 aliphatic carbocycles. The summed E-state index contributed by atoms with van der Waals surface area (Å²) >= 11 is 0. The Morgan fingerprint density at radius 2 is 2.09 bits per heavy atom. The van der Waals surface area contributed by atoms with Gasteiger partial charge in [-0.15, -0.1) is 0 Å². The number of aromatic amines is 1. The summed E-state index contributed by atoms with van der Waals surface area (Å²) in [5.74, 6) is -1.12. The van der Waals surface area contributed by atoms with Gasteiger partial charge in [-0.05, 0) is 0 Å². The molecule has 1 aromatic rings. The molecule has 128 valence electrons. The Kier molecular flexibility index (Phi) is 4.97. The molecule has 0 saturated carbocycles. The van der Waals surface area contributed by atoms with Crippen molar-refractivity contribution in [2.45, 2.75) is 30.6 Å². The van der Waals surface area contributed by atoms with E-state index in [9.17, 15) is 29.7 Å². The van der Waals surface area contributed by atoms with E-state index in [1.165, 1.54) is 0 Å². The van der Waals surface area contributed by atoms with Gasteiger partial charge in [-0.25, -0.2) is 9.59 Å². The lowest BCUT2D eigenvalue weighted by Crippen LogP contribution is -2.39. The van der Waals surface area contributed by atoms with Gasteiger partial charge in [0.15, 0.2) is 12.3 Å². The number of aliphatic hydroxyl groups excluding tert-OH is 4. The highest BCUT2D eigenvalue weighted by Crippen LogP contribution is 2.28. The van der Waals surface area contributed by atoms with E-state index in [1.807, 2.05) is 4.98 Å². The SMILES string of the molecule is COC(=O)C(O)c1cn([C@@H]2O[C@H](CO)C(O)C2O)c(=O)[nH]c1=O. The van der Waals surface area contributed by atoms with E-state index in [1.54, 1.807) is 0 Å². The third-order valence-corrected chi connectivity index (χ3v) is 3.51. The minimum absolute atomic E-state index is 0.505. The zero-order valence-corrected chi connectivity index (χ0v) is 11.9. The number of hydrogen-bond acceptors (Lipinski definition) is 9. The second kappa shape index (κ2) is 6.60. The molecule has 1 saturated heterocycles. The molecule has 3 unspecified atom stereocenters. The fourth-order valence-electron chi connectivity index (χ4n) is 2.23. The first-order valence-corrected chi connectivity index (χ1v) is 6.55. The van der Waals surface area contributed by atoms with Crippen molar-refractivity contribution in [3.63, 3.8) is 0 Å². The molecule has 0 aromatic carbocycles. The van der Waals surface area contributed by atoms with Gasteiger partial charge in [-0.3, -0.25) is 14.3 Å². The van der Waals surface area contributed by atoms with Crippen LogP contribution in [-0.2, 0) is 14.3 Å². The molecule has 0 bridgehead atoms. The predicted molar refractivity (Wildman–Crippen MR) is 71.3 cm³/mol. The number of nitrogens with zero attached hydrogens (tertiary/aromatic N) is 1. The lowest BCUT2D eigenvalue weighted by atomic mass is 10.1. The monoisotopic (exact) mass is 332 g/mol. The maximum atomic E-state index is 11.9. The van der Waals surface area contributed by atoms with Crippen LogP contribution in [0.4, 0.5) is 0 Å². The molecule has 0 amide bonds. The Morgan fingerprint density at radius 3 is 2.61 bits per heavy atom. The summed E-state index contributed by atoms with van der Waals surface area (Å²) in [4.78, 5) is 36.8. The quantitative estimate of drug-likeness (QED) is 0.349. The molecule has 1 fully saturated rings. The minimum Gasteiger partial charge on any atom is -0.467 e. The third-order valence-electron chi connectivity index (χ3n) is 3.51. The summed E-state index contributed by atoms with van der Waals surface area (Å²) in [5, 5.41) is 38.4. The van der Waals surface area contributed by atoms with E-state index in [0.29, 0.717) is 4.57 Å². The van der Waals surface area contributed by atoms with Crippen molar-refractivity contribution in [3.05, 3.63) is 32.6 Å². The van der Waals surface area contributed by atoms with Crippen LogP contribution >= 0.6 is 0 Å². The van der Waals surface area contributed by atoms with E-state index < -0.39 is 60.0 Å². The van der Waals surface area contributed by atoms with E-state index in [2.05, 4.69) is 4.74 Å². The normalized spacial score (nSPS) is 28.6. The van der Waals surface area contributed by atoms with Crippen LogP contribution in [0.15, 0.2) is 15.8 Å². The number of methoxy groups -OCH3 is 1. The number of hydrogen-bond donors (Lipinski definition) is 5. The number of aliphatic hydroxyl groups is 4. The van der Waals surface area contributed by atoms with Crippen LogP contribution in [0.2, 0.25) is 0 Å². The van der Waals surface area contributed by atoms with Gasteiger partial charge >= 0.3 is 11.7 Å². The van der Waals surface area contributed by atoms with E-state index in [4.69, 9.17) is 9.84 Å². The molecule has 1 aliphatic rings. The topological polar surface area (TPSA) is 171 Å². The first kappa shape index (κ1) is 17.3. The molecular weight excluding hydrogens is 316 g/mol. The maximum Gasteiger partial charge on any atom is 0.339 e. The summed E-state index contributed by atoms with van der Waals surface area (Å²) in [6.45, 7) is -0.607. The standard InChI is InChI=1S/C12H16N2O9/c1-22-11(20)6(16)4-2-14(12(21)13-9(4)19)10-8(18)7(17)5(3-15)23-10/h2,5-8,10,15-18H,3H2,1H3,(H,13,19,21)/t5-,6?,7?,8?,10-/m1/s1. The molecule has 2 heterocycles. The number of aromatic nitrogens is 2. The Morgan fingerprint density at radius 1 is 1.43 bits per heavy atom. The maximum absolute atomic E-state index is 11.9. The Balaban J connectivity index is 2.46. The Bertz CT molecular complexity index is 697. The van der Waals surface area contributed by atoms with Gasteiger partial charge in [0, 0.05) is 6.20 Å². The lowest BCUT2D eigenvalue weighted by Gasteiger charge is -2.18. The van der Waals surface area contributed by atoms with Crippen molar-refractivity contribution < 1.29 is 34.7 Å². The van der Waals surface area contributed by atoms with Crippen LogP contribution in [0, 0.1) is 0 Å². The van der Waals surface area contributed by atoms with Crippen molar-refractivity contribution in [1.29, 1.82) is 0 Å². The van der Waals surface area contributed by atoms with Gasteiger partial charge in [0.1, 0.15) is 18.3 Å². The minimum atomic E-state index is -1.95. The van der Waals surface area contributed by atoms with Gasteiger partial charge in [0.2, 0.25) is 0 Å². The second-order valence-corrected chi connectivity index (χ2v) is 4.91. The molecule has 11 heteroatoms. The first-order valence-electron chi connectivity index (χ1n) is 6.55. The molecule has 0 spiro atoms. The summed E-state index contributed by atoms with van der Waals surface area (Å²) in [5.41, 5.74) is -2.52.